The third kappa shape index (κ3) is 5.49. The fourth-order valence-electron chi connectivity index (χ4n) is 3.31. The van der Waals surface area contributed by atoms with Gasteiger partial charge in [-0.25, -0.2) is 4.79 Å². The third-order valence-corrected chi connectivity index (χ3v) is 4.96. The molecule has 2 aromatic carbocycles. The number of nitrogens with one attached hydrogen (secondary N) is 2. The van der Waals surface area contributed by atoms with Crippen molar-refractivity contribution in [2.45, 2.75) is 38.6 Å². The third-order valence-electron chi connectivity index (χ3n) is 4.96. The molecule has 1 heterocycles. The maximum absolute atomic E-state index is 12.3. The largest absolute Gasteiger partial charge is 0.508 e. The summed E-state index contributed by atoms with van der Waals surface area (Å²) in [4.78, 5) is 26.4. The molecule has 0 spiro atoms. The Hall–Kier alpha value is -3.02. The Kier molecular flexibility index (Phi) is 6.53. The molecule has 0 bridgehead atoms. The highest BCUT2D eigenvalue weighted by atomic mass is 16.3. The zero-order chi connectivity index (χ0) is 19.9. The summed E-state index contributed by atoms with van der Waals surface area (Å²) in [5, 5.41) is 15.0. The Morgan fingerprint density at radius 1 is 1.04 bits per heavy atom. The van der Waals surface area contributed by atoms with E-state index in [0.29, 0.717) is 11.3 Å². The van der Waals surface area contributed by atoms with Crippen LogP contribution >= 0.6 is 0 Å². The van der Waals surface area contributed by atoms with Crippen molar-refractivity contribution in [3.8, 4) is 5.75 Å². The van der Waals surface area contributed by atoms with Crippen molar-refractivity contribution in [3.05, 3.63) is 59.7 Å². The van der Waals surface area contributed by atoms with Gasteiger partial charge >= 0.3 is 6.03 Å². The molecule has 1 aliphatic heterocycles. The van der Waals surface area contributed by atoms with E-state index in [1.54, 1.807) is 36.4 Å². The minimum Gasteiger partial charge on any atom is -0.508 e. The molecule has 148 valence electrons. The molecule has 0 aliphatic carbocycles. The lowest BCUT2D eigenvalue weighted by atomic mass is 10.1. The lowest BCUT2D eigenvalue weighted by Gasteiger charge is -2.16. The average molecular weight is 381 g/mol. The molecule has 6 nitrogen and oxygen atoms in total. The molecule has 28 heavy (non-hydrogen) atoms. The number of anilines is 1. The predicted molar refractivity (Wildman–Crippen MR) is 110 cm³/mol. The van der Waals surface area contributed by atoms with E-state index < -0.39 is 0 Å². The molecule has 3 amide bonds. The average Bonchev–Trinajstić information content (AvgIpc) is 3.22. The first-order chi connectivity index (χ1) is 13.5. The Labute approximate surface area is 165 Å². The van der Waals surface area contributed by atoms with E-state index in [-0.39, 0.29) is 23.7 Å². The molecule has 1 saturated heterocycles. The van der Waals surface area contributed by atoms with E-state index in [1.807, 2.05) is 24.0 Å². The Bertz CT molecular complexity index is 797. The first-order valence-corrected chi connectivity index (χ1v) is 9.76. The molecular formula is C22H27N3O3. The van der Waals surface area contributed by atoms with Gasteiger partial charge in [0.05, 0.1) is 0 Å². The summed E-state index contributed by atoms with van der Waals surface area (Å²) in [5.41, 5.74) is 2.42. The molecule has 1 fully saturated rings. The molecular weight excluding hydrogens is 354 g/mol. The van der Waals surface area contributed by atoms with Crippen molar-refractivity contribution in [3.63, 3.8) is 0 Å². The molecule has 1 atom stereocenters. The van der Waals surface area contributed by atoms with Crippen molar-refractivity contribution in [1.82, 2.24) is 10.2 Å². The number of carbonyl (C=O) groups excluding carboxylic acids is 2. The van der Waals surface area contributed by atoms with Gasteiger partial charge in [-0.2, -0.15) is 0 Å². The molecule has 3 N–H and O–H groups in total. The van der Waals surface area contributed by atoms with Gasteiger partial charge < -0.3 is 20.6 Å². The van der Waals surface area contributed by atoms with Gasteiger partial charge in [-0.1, -0.05) is 12.1 Å². The Morgan fingerprint density at radius 2 is 1.68 bits per heavy atom. The van der Waals surface area contributed by atoms with Gasteiger partial charge in [-0.05, 0) is 74.6 Å². The quantitative estimate of drug-likeness (QED) is 0.712. The van der Waals surface area contributed by atoms with Gasteiger partial charge in [0.15, 0.2) is 0 Å². The molecule has 0 radical (unpaired) electrons. The monoisotopic (exact) mass is 381 g/mol. The highest BCUT2D eigenvalue weighted by molar-refractivity contribution is 5.95. The normalized spacial score (nSPS) is 14.5. The first kappa shape index (κ1) is 19.7. The molecule has 2 aromatic rings. The van der Waals surface area contributed by atoms with Crippen LogP contribution in [-0.4, -0.2) is 41.1 Å². The van der Waals surface area contributed by atoms with Crippen LogP contribution < -0.4 is 10.6 Å². The van der Waals surface area contributed by atoms with Crippen LogP contribution in [0.15, 0.2) is 48.5 Å². The number of nitrogens with zero attached hydrogens (tertiary/aromatic N) is 1. The maximum Gasteiger partial charge on any atom is 0.319 e. The molecule has 3 rings (SSSR count). The zero-order valence-corrected chi connectivity index (χ0v) is 16.1. The number of benzene rings is 2. The van der Waals surface area contributed by atoms with Crippen LogP contribution in [0.3, 0.4) is 0 Å². The number of aromatic hydroxyl groups is 1. The number of rotatable bonds is 6. The molecule has 0 saturated carbocycles. The standard InChI is InChI=1S/C22H27N3O3/c1-16(4-5-17-6-12-20(26)13-7-17)23-22(28)24-19-10-8-18(9-11-19)21(27)25-14-2-3-15-25/h6-13,16,26H,2-5,14-15H2,1H3,(H2,23,24,28). The molecule has 1 aliphatic rings. The highest BCUT2D eigenvalue weighted by Crippen LogP contribution is 2.16. The molecule has 6 heteroatoms. The van der Waals surface area contributed by atoms with Gasteiger partial charge in [0, 0.05) is 30.4 Å². The van der Waals surface area contributed by atoms with Crippen LogP contribution in [0.2, 0.25) is 0 Å². The fourth-order valence-corrected chi connectivity index (χ4v) is 3.31. The number of carbonyl (C=O) groups is 2. The topological polar surface area (TPSA) is 81.7 Å². The van der Waals surface area contributed by atoms with Gasteiger partial charge in [0.25, 0.3) is 5.91 Å². The summed E-state index contributed by atoms with van der Waals surface area (Å²) in [6, 6.07) is 13.8. The van der Waals surface area contributed by atoms with Crippen LogP contribution in [0.25, 0.3) is 0 Å². The maximum atomic E-state index is 12.3. The van der Waals surface area contributed by atoms with Gasteiger partial charge in [-0.3, -0.25) is 4.79 Å². The second kappa shape index (κ2) is 9.26. The fraction of sp³-hybridized carbons (Fsp3) is 0.364. The number of urea groups is 1. The second-order valence-corrected chi connectivity index (χ2v) is 7.28. The summed E-state index contributed by atoms with van der Waals surface area (Å²) in [6.07, 6.45) is 3.74. The van der Waals surface area contributed by atoms with Crippen molar-refractivity contribution < 1.29 is 14.7 Å². The summed E-state index contributed by atoms with van der Waals surface area (Å²) in [5.74, 6) is 0.304. The van der Waals surface area contributed by atoms with E-state index in [1.165, 1.54) is 0 Å². The van der Waals surface area contributed by atoms with Gasteiger partial charge in [0.1, 0.15) is 5.75 Å². The Balaban J connectivity index is 1.44. The summed E-state index contributed by atoms with van der Waals surface area (Å²) < 4.78 is 0. The van der Waals surface area contributed by atoms with E-state index in [9.17, 15) is 14.7 Å². The summed E-state index contributed by atoms with van der Waals surface area (Å²) in [7, 11) is 0. The smallest absolute Gasteiger partial charge is 0.319 e. The number of amides is 3. The van der Waals surface area contributed by atoms with Crippen LogP contribution in [0.5, 0.6) is 5.75 Å². The Morgan fingerprint density at radius 3 is 2.32 bits per heavy atom. The summed E-state index contributed by atoms with van der Waals surface area (Å²) >= 11 is 0. The van der Waals surface area contributed by atoms with Crippen LogP contribution in [0.1, 0.15) is 42.1 Å². The zero-order valence-electron chi connectivity index (χ0n) is 16.1. The first-order valence-electron chi connectivity index (χ1n) is 9.76. The minimum absolute atomic E-state index is 0.00446. The number of aryl methyl sites for hydroxylation is 1. The lowest BCUT2D eigenvalue weighted by molar-refractivity contribution is 0.0793. The number of likely N-dealkylation sites (tertiary alicyclic amines) is 1. The van der Waals surface area contributed by atoms with Crippen LogP contribution in [0.4, 0.5) is 10.5 Å². The van der Waals surface area contributed by atoms with E-state index >= 15 is 0 Å². The van der Waals surface area contributed by atoms with Crippen LogP contribution in [-0.2, 0) is 6.42 Å². The number of hydrogen-bond donors (Lipinski definition) is 3. The summed E-state index contributed by atoms with van der Waals surface area (Å²) in [6.45, 7) is 3.60. The van der Waals surface area contributed by atoms with Crippen molar-refractivity contribution in [1.29, 1.82) is 0 Å². The van der Waals surface area contributed by atoms with Crippen molar-refractivity contribution >= 4 is 17.6 Å². The highest BCUT2D eigenvalue weighted by Gasteiger charge is 2.19. The number of hydrogen-bond acceptors (Lipinski definition) is 3. The predicted octanol–water partition coefficient (Wildman–Crippen LogP) is 3.77. The lowest BCUT2D eigenvalue weighted by Crippen LogP contribution is -2.36. The van der Waals surface area contributed by atoms with E-state index in [4.69, 9.17) is 0 Å². The van der Waals surface area contributed by atoms with E-state index in [0.717, 1.165) is 44.3 Å². The van der Waals surface area contributed by atoms with Crippen LogP contribution in [0, 0.1) is 0 Å². The van der Waals surface area contributed by atoms with E-state index in [2.05, 4.69) is 10.6 Å². The van der Waals surface area contributed by atoms with Crippen molar-refractivity contribution in [2.75, 3.05) is 18.4 Å². The number of phenols is 1. The molecule has 0 aromatic heterocycles. The SMILES string of the molecule is CC(CCc1ccc(O)cc1)NC(=O)Nc1ccc(C(=O)N2CCCC2)cc1. The number of phenolic OH excluding ortho intramolecular Hbond substituents is 1. The van der Waals surface area contributed by atoms with Crippen molar-refractivity contribution in [2.24, 2.45) is 0 Å². The van der Waals surface area contributed by atoms with Gasteiger partial charge in [0.2, 0.25) is 0 Å². The minimum atomic E-state index is -0.267. The van der Waals surface area contributed by atoms with Gasteiger partial charge in [-0.15, -0.1) is 0 Å². The second-order valence-electron chi connectivity index (χ2n) is 7.28. The molecule has 1 unspecified atom stereocenters.